The molecule has 1 heterocycles. The number of hydrogen-bond acceptors (Lipinski definition) is 4. The lowest BCUT2D eigenvalue weighted by molar-refractivity contribution is -0.118. The van der Waals surface area contributed by atoms with Crippen molar-refractivity contribution < 1.29 is 4.79 Å². The van der Waals surface area contributed by atoms with Crippen LogP contribution >= 0.6 is 23.4 Å². The molecule has 0 saturated heterocycles. The van der Waals surface area contributed by atoms with Crippen molar-refractivity contribution in [2.75, 3.05) is 5.75 Å². The molecule has 116 valence electrons. The number of amides is 1. The Morgan fingerprint density at radius 1 is 1.41 bits per heavy atom. The lowest BCUT2D eigenvalue weighted by atomic mass is 10.2. The molecule has 0 spiro atoms. The van der Waals surface area contributed by atoms with Crippen LogP contribution in [0, 0.1) is 0 Å². The van der Waals surface area contributed by atoms with Gasteiger partial charge in [0.25, 0.3) is 0 Å². The number of nitrogens with one attached hydrogen (secondary N) is 1. The van der Waals surface area contributed by atoms with Gasteiger partial charge in [0.2, 0.25) is 5.91 Å². The van der Waals surface area contributed by atoms with Crippen LogP contribution in [0.1, 0.15) is 30.1 Å². The Hall–Kier alpha value is -1.53. The van der Waals surface area contributed by atoms with Crippen molar-refractivity contribution in [2.24, 2.45) is 7.05 Å². The van der Waals surface area contributed by atoms with E-state index in [1.807, 2.05) is 35.9 Å². The molecule has 5 nitrogen and oxygen atoms in total. The Labute approximate surface area is 138 Å². The number of carbonyl (C=O) groups excluding carboxylic acids is 1. The molecule has 1 aromatic heterocycles. The molecule has 1 aromatic carbocycles. The van der Waals surface area contributed by atoms with Gasteiger partial charge in [-0.25, -0.2) is 0 Å². The van der Waals surface area contributed by atoms with E-state index >= 15 is 0 Å². The number of carbonyl (C=O) groups is 1. The lowest BCUT2D eigenvalue weighted by Crippen LogP contribution is -2.24. The van der Waals surface area contributed by atoms with Gasteiger partial charge in [-0.15, -0.1) is 10.2 Å². The quantitative estimate of drug-likeness (QED) is 0.824. The molecule has 1 fully saturated rings. The minimum absolute atomic E-state index is 0.0408. The molecule has 0 radical (unpaired) electrons. The summed E-state index contributed by atoms with van der Waals surface area (Å²) < 4.78 is 1.99. The monoisotopic (exact) mass is 336 g/mol. The van der Waals surface area contributed by atoms with Gasteiger partial charge in [-0.2, -0.15) is 0 Å². The molecular weight excluding hydrogens is 320 g/mol. The summed E-state index contributed by atoms with van der Waals surface area (Å²) in [4.78, 5) is 11.9. The summed E-state index contributed by atoms with van der Waals surface area (Å²) in [6, 6.07) is 7.49. The van der Waals surface area contributed by atoms with Crippen molar-refractivity contribution in [2.45, 2.75) is 30.5 Å². The topological polar surface area (TPSA) is 59.8 Å². The standard InChI is InChI=1S/C15H17ClN4OS/c1-20-14(10-6-7-10)18-19-15(20)22-9-13(21)17-8-11-4-2-3-5-12(11)16/h2-5,10H,6-9H2,1H3,(H,17,21). The first-order valence-electron chi connectivity index (χ1n) is 7.17. The third kappa shape index (κ3) is 3.62. The molecule has 1 aliphatic rings. The molecule has 0 unspecified atom stereocenters. The molecule has 0 bridgehead atoms. The van der Waals surface area contributed by atoms with Crippen molar-refractivity contribution in [3.8, 4) is 0 Å². The first-order valence-corrected chi connectivity index (χ1v) is 8.53. The molecule has 1 amide bonds. The predicted octanol–water partition coefficient (Wildman–Crippen LogP) is 2.75. The number of rotatable bonds is 6. The summed E-state index contributed by atoms with van der Waals surface area (Å²) in [6.07, 6.45) is 2.38. The SMILES string of the molecule is Cn1c(SCC(=O)NCc2ccccc2Cl)nnc1C1CC1. The Bertz CT molecular complexity index is 684. The van der Waals surface area contributed by atoms with E-state index < -0.39 is 0 Å². The fourth-order valence-corrected chi connectivity index (χ4v) is 3.12. The smallest absolute Gasteiger partial charge is 0.230 e. The predicted molar refractivity (Wildman–Crippen MR) is 87.0 cm³/mol. The van der Waals surface area contributed by atoms with Crippen molar-refractivity contribution in [1.82, 2.24) is 20.1 Å². The Kier molecular flexibility index (Phi) is 4.69. The number of hydrogen-bond donors (Lipinski definition) is 1. The minimum atomic E-state index is -0.0408. The summed E-state index contributed by atoms with van der Waals surface area (Å²) in [5.74, 6) is 1.86. The Morgan fingerprint density at radius 3 is 2.91 bits per heavy atom. The van der Waals surface area contributed by atoms with Gasteiger partial charge in [0.15, 0.2) is 5.16 Å². The zero-order valence-corrected chi connectivity index (χ0v) is 13.8. The van der Waals surface area contributed by atoms with Crippen molar-refractivity contribution >= 4 is 29.3 Å². The number of aromatic nitrogens is 3. The zero-order valence-electron chi connectivity index (χ0n) is 12.3. The maximum Gasteiger partial charge on any atom is 0.230 e. The van der Waals surface area contributed by atoms with Gasteiger partial charge >= 0.3 is 0 Å². The van der Waals surface area contributed by atoms with Crippen LogP contribution in [0.2, 0.25) is 5.02 Å². The Morgan fingerprint density at radius 2 is 2.18 bits per heavy atom. The molecule has 1 aliphatic carbocycles. The van der Waals surface area contributed by atoms with Gasteiger partial charge in [0.05, 0.1) is 5.75 Å². The van der Waals surface area contributed by atoms with Crippen LogP contribution in [0.15, 0.2) is 29.4 Å². The second-order valence-corrected chi connectivity index (χ2v) is 6.68. The minimum Gasteiger partial charge on any atom is -0.351 e. The highest BCUT2D eigenvalue weighted by Crippen LogP contribution is 2.39. The average molecular weight is 337 g/mol. The van der Waals surface area contributed by atoms with Gasteiger partial charge in [-0.3, -0.25) is 4.79 Å². The highest BCUT2D eigenvalue weighted by molar-refractivity contribution is 7.99. The van der Waals surface area contributed by atoms with E-state index in [0.717, 1.165) is 16.5 Å². The zero-order chi connectivity index (χ0) is 15.5. The normalized spacial score (nSPS) is 14.1. The first-order chi connectivity index (χ1) is 10.6. The summed E-state index contributed by atoms with van der Waals surface area (Å²) >= 11 is 7.47. The summed E-state index contributed by atoms with van der Waals surface area (Å²) in [7, 11) is 1.96. The van der Waals surface area contributed by atoms with Crippen LogP contribution in [0.4, 0.5) is 0 Å². The van der Waals surface area contributed by atoms with E-state index in [-0.39, 0.29) is 5.91 Å². The van der Waals surface area contributed by atoms with E-state index in [9.17, 15) is 4.79 Å². The molecule has 0 aliphatic heterocycles. The summed E-state index contributed by atoms with van der Waals surface area (Å²) in [6.45, 7) is 0.436. The van der Waals surface area contributed by atoms with E-state index in [1.165, 1.54) is 24.6 Å². The Balaban J connectivity index is 1.49. The molecule has 3 rings (SSSR count). The summed E-state index contributed by atoms with van der Waals surface area (Å²) in [5, 5.41) is 12.7. The molecule has 7 heteroatoms. The molecule has 1 N–H and O–H groups in total. The van der Waals surface area contributed by atoms with Crippen LogP contribution in [0.25, 0.3) is 0 Å². The van der Waals surface area contributed by atoms with Crippen LogP contribution in [-0.4, -0.2) is 26.4 Å². The number of halogens is 1. The lowest BCUT2D eigenvalue weighted by Gasteiger charge is -2.07. The second-order valence-electron chi connectivity index (χ2n) is 5.33. The fourth-order valence-electron chi connectivity index (χ4n) is 2.17. The highest BCUT2D eigenvalue weighted by atomic mass is 35.5. The number of thioether (sulfide) groups is 1. The molecular formula is C15H17ClN4OS. The van der Waals surface area contributed by atoms with E-state index in [1.54, 1.807) is 0 Å². The molecule has 22 heavy (non-hydrogen) atoms. The van der Waals surface area contributed by atoms with Gasteiger partial charge in [-0.05, 0) is 24.5 Å². The molecule has 2 aromatic rings. The first kappa shape index (κ1) is 15.4. The van der Waals surface area contributed by atoms with Gasteiger partial charge < -0.3 is 9.88 Å². The molecule has 0 atom stereocenters. The number of benzene rings is 1. The number of nitrogens with zero attached hydrogens (tertiary/aromatic N) is 3. The largest absolute Gasteiger partial charge is 0.351 e. The average Bonchev–Trinajstić information content (AvgIpc) is 3.28. The van der Waals surface area contributed by atoms with Crippen LogP contribution in [-0.2, 0) is 18.4 Å². The van der Waals surface area contributed by atoms with Crippen molar-refractivity contribution in [3.05, 3.63) is 40.7 Å². The summed E-state index contributed by atoms with van der Waals surface area (Å²) in [5.41, 5.74) is 0.914. The van der Waals surface area contributed by atoms with Crippen LogP contribution in [0.5, 0.6) is 0 Å². The van der Waals surface area contributed by atoms with Gasteiger partial charge in [-0.1, -0.05) is 41.6 Å². The van der Waals surface area contributed by atoms with Gasteiger partial charge in [0.1, 0.15) is 5.82 Å². The third-order valence-electron chi connectivity index (χ3n) is 3.58. The van der Waals surface area contributed by atoms with Crippen LogP contribution < -0.4 is 5.32 Å². The van der Waals surface area contributed by atoms with Crippen molar-refractivity contribution in [1.29, 1.82) is 0 Å². The van der Waals surface area contributed by atoms with Crippen molar-refractivity contribution in [3.63, 3.8) is 0 Å². The molecule has 1 saturated carbocycles. The highest BCUT2D eigenvalue weighted by Gasteiger charge is 2.29. The second kappa shape index (κ2) is 6.71. The van der Waals surface area contributed by atoms with E-state index in [2.05, 4.69) is 15.5 Å². The van der Waals surface area contributed by atoms with E-state index in [4.69, 9.17) is 11.6 Å². The van der Waals surface area contributed by atoms with E-state index in [0.29, 0.717) is 23.2 Å². The van der Waals surface area contributed by atoms with Gasteiger partial charge in [0, 0.05) is 24.5 Å². The van der Waals surface area contributed by atoms with Crippen LogP contribution in [0.3, 0.4) is 0 Å². The fraction of sp³-hybridized carbons (Fsp3) is 0.400. The maximum absolute atomic E-state index is 11.9. The third-order valence-corrected chi connectivity index (χ3v) is 4.97. The maximum atomic E-state index is 11.9.